The molecule has 38 heavy (non-hydrogen) atoms. The maximum absolute atomic E-state index is 13.0. The zero-order valence-corrected chi connectivity index (χ0v) is 22.7. The molecular weight excluding hydrogens is 569 g/mol. The molecule has 3 heterocycles. The van der Waals surface area contributed by atoms with Crippen molar-refractivity contribution in [1.82, 2.24) is 15.2 Å². The number of sulfone groups is 1. The fourth-order valence-electron chi connectivity index (χ4n) is 3.33. The van der Waals surface area contributed by atoms with Crippen LogP contribution in [0.15, 0.2) is 21.8 Å². The Kier molecular flexibility index (Phi) is 8.67. The highest BCUT2D eigenvalue weighted by atomic mass is 32.2. The molecule has 0 radical (unpaired) electrons. The van der Waals surface area contributed by atoms with E-state index in [0.717, 1.165) is 28.0 Å². The number of thiazole rings is 1. The van der Waals surface area contributed by atoms with Gasteiger partial charge in [-0.2, -0.15) is 0 Å². The van der Waals surface area contributed by atoms with Crippen LogP contribution in [-0.4, -0.2) is 88.7 Å². The van der Waals surface area contributed by atoms with Crippen LogP contribution in [-0.2, 0) is 38.5 Å². The number of nitrogens with two attached hydrogens (primary N) is 1. The SMILES string of the molecule is CC(C)(C)C(=O)OCOC(=O)C1=C(CS(=O)(=O)CF)CS[C@@H]2C(NC(=O)/C(=N\O)c3csc(N)n3)C(=O)N12. The summed E-state index contributed by atoms with van der Waals surface area (Å²) in [5.41, 5.74) is 3.57. The van der Waals surface area contributed by atoms with Crippen molar-refractivity contribution in [3.05, 3.63) is 22.3 Å². The fourth-order valence-corrected chi connectivity index (χ4v) is 6.20. The smallest absolute Gasteiger partial charge is 0.357 e. The molecule has 0 bridgehead atoms. The third-order valence-corrected chi connectivity index (χ3v) is 8.29. The van der Waals surface area contributed by atoms with Crippen LogP contribution in [0.3, 0.4) is 0 Å². The van der Waals surface area contributed by atoms with Gasteiger partial charge in [-0.3, -0.25) is 19.3 Å². The fraction of sp³-hybridized carbons (Fsp3) is 0.500. The molecule has 3 rings (SSSR count). The molecule has 2 amide bonds. The third-order valence-electron chi connectivity index (χ3n) is 5.16. The lowest BCUT2D eigenvalue weighted by molar-refractivity contribution is -0.173. The van der Waals surface area contributed by atoms with Crippen LogP contribution in [0.2, 0.25) is 0 Å². The minimum absolute atomic E-state index is 0.0277. The van der Waals surface area contributed by atoms with E-state index < -0.39 is 80.4 Å². The first-order chi connectivity index (χ1) is 17.7. The number of nitrogens with one attached hydrogen (secondary N) is 1. The summed E-state index contributed by atoms with van der Waals surface area (Å²) in [6.07, 6.45) is 0. The van der Waals surface area contributed by atoms with Crippen LogP contribution >= 0.6 is 23.1 Å². The van der Waals surface area contributed by atoms with Gasteiger partial charge in [-0.15, -0.1) is 23.1 Å². The number of fused-ring (bicyclic) bond motifs is 1. The highest BCUT2D eigenvalue weighted by Crippen LogP contribution is 2.41. The van der Waals surface area contributed by atoms with Gasteiger partial charge in [0.2, 0.25) is 6.79 Å². The number of hydrogen-bond donors (Lipinski definition) is 3. The van der Waals surface area contributed by atoms with Gasteiger partial charge >= 0.3 is 11.9 Å². The molecule has 1 aromatic heterocycles. The quantitative estimate of drug-likeness (QED) is 0.0863. The summed E-state index contributed by atoms with van der Waals surface area (Å²) in [7, 11) is -4.25. The van der Waals surface area contributed by atoms with Crippen LogP contribution in [0.4, 0.5) is 9.52 Å². The molecule has 0 aromatic carbocycles. The van der Waals surface area contributed by atoms with Crippen molar-refractivity contribution >= 4 is 67.5 Å². The lowest BCUT2D eigenvalue weighted by Crippen LogP contribution is -2.71. The lowest BCUT2D eigenvalue weighted by atomic mass is 9.98. The normalized spacial score (nSPS) is 19.9. The van der Waals surface area contributed by atoms with Gasteiger partial charge in [0, 0.05) is 11.1 Å². The van der Waals surface area contributed by atoms with Crippen molar-refractivity contribution in [3.63, 3.8) is 0 Å². The van der Waals surface area contributed by atoms with Gasteiger partial charge in [-0.1, -0.05) is 5.16 Å². The van der Waals surface area contributed by atoms with Crippen molar-refractivity contribution in [2.75, 3.05) is 30.0 Å². The van der Waals surface area contributed by atoms with E-state index >= 15 is 0 Å². The third kappa shape index (κ3) is 6.24. The molecule has 18 heteroatoms. The predicted octanol–water partition coefficient (Wildman–Crippen LogP) is -0.0106. The summed E-state index contributed by atoms with van der Waals surface area (Å²) in [6, 6.07) is -2.88. The van der Waals surface area contributed by atoms with Crippen LogP contribution in [0, 0.1) is 5.41 Å². The number of oxime groups is 1. The Hall–Kier alpha value is -3.25. The number of carbonyl (C=O) groups excluding carboxylic acids is 4. The number of nitrogen functional groups attached to an aromatic ring is 1. The lowest BCUT2D eigenvalue weighted by Gasteiger charge is -2.49. The molecule has 1 fully saturated rings. The number of nitrogens with zero attached hydrogens (tertiary/aromatic N) is 3. The van der Waals surface area contributed by atoms with Crippen molar-refractivity contribution in [2.45, 2.75) is 32.2 Å². The number of aromatic nitrogens is 1. The summed E-state index contributed by atoms with van der Waals surface area (Å²) in [5, 5.41) is 15.2. The molecule has 14 nitrogen and oxygen atoms in total. The number of ether oxygens (including phenoxy) is 2. The number of carbonyl (C=O) groups is 4. The molecular formula is C20H24FN5O9S3. The molecule has 208 valence electrons. The Morgan fingerprint density at radius 3 is 2.58 bits per heavy atom. The second-order valence-corrected chi connectivity index (χ2v) is 13.0. The van der Waals surface area contributed by atoms with E-state index in [1.54, 1.807) is 20.8 Å². The zero-order valence-electron chi connectivity index (χ0n) is 20.3. The molecule has 2 aliphatic heterocycles. The number of anilines is 1. The van der Waals surface area contributed by atoms with Gasteiger partial charge in [0.25, 0.3) is 11.8 Å². The minimum Gasteiger partial charge on any atom is -0.427 e. The Bertz CT molecular complexity index is 1320. The van der Waals surface area contributed by atoms with E-state index in [2.05, 4.69) is 15.5 Å². The maximum atomic E-state index is 13.0. The number of β-lactam (4-membered cyclic amide) rings is 1. The van der Waals surface area contributed by atoms with E-state index in [0.29, 0.717) is 0 Å². The van der Waals surface area contributed by atoms with Gasteiger partial charge in [-0.05, 0) is 26.3 Å². The Balaban J connectivity index is 1.80. The molecule has 0 spiro atoms. The van der Waals surface area contributed by atoms with Crippen LogP contribution in [0.25, 0.3) is 0 Å². The van der Waals surface area contributed by atoms with Crippen molar-refractivity contribution in [1.29, 1.82) is 0 Å². The Morgan fingerprint density at radius 2 is 2.03 bits per heavy atom. The average molecular weight is 594 g/mol. The maximum Gasteiger partial charge on any atom is 0.357 e. The topological polar surface area (TPSA) is 208 Å². The van der Waals surface area contributed by atoms with Gasteiger partial charge in [0.15, 0.2) is 26.7 Å². The van der Waals surface area contributed by atoms with E-state index in [9.17, 15) is 37.2 Å². The standard InChI is InChI=1S/C20H24FN5O9S3/c1-20(2,3)18(30)35-8-34-17(29)13-9(6-38(32,33)7-21)4-36-16-12(15(28)26(13)16)24-14(27)11(25-31)10-5-37-19(22)23-10/h5,12,16,31H,4,6-8H2,1-3H3,(H2,22,23)(H,24,27)/b25-11-/t12?,16-/m1/s1. The average Bonchev–Trinajstić information content (AvgIpc) is 3.27. The van der Waals surface area contributed by atoms with E-state index in [4.69, 9.17) is 15.2 Å². The number of thioether (sulfide) groups is 1. The molecule has 1 aromatic rings. The molecule has 2 aliphatic rings. The van der Waals surface area contributed by atoms with E-state index in [-0.39, 0.29) is 22.2 Å². The zero-order chi connectivity index (χ0) is 28.4. The number of amides is 2. The molecule has 0 saturated carbocycles. The number of hydrogen-bond acceptors (Lipinski definition) is 14. The molecule has 1 saturated heterocycles. The Labute approximate surface area is 224 Å². The highest BCUT2D eigenvalue weighted by Gasteiger charge is 2.55. The molecule has 0 aliphatic carbocycles. The monoisotopic (exact) mass is 593 g/mol. The molecule has 2 atom stereocenters. The van der Waals surface area contributed by atoms with Crippen molar-refractivity contribution < 1.29 is 46.7 Å². The summed E-state index contributed by atoms with van der Waals surface area (Å²) < 4.78 is 46.8. The van der Waals surface area contributed by atoms with Gasteiger partial charge < -0.3 is 25.7 Å². The van der Waals surface area contributed by atoms with Crippen molar-refractivity contribution in [2.24, 2.45) is 10.6 Å². The molecule has 4 N–H and O–H groups in total. The summed E-state index contributed by atoms with van der Waals surface area (Å²) >= 11 is 2.01. The van der Waals surface area contributed by atoms with E-state index in [1.807, 2.05) is 0 Å². The van der Waals surface area contributed by atoms with Crippen LogP contribution < -0.4 is 11.1 Å². The number of halogens is 1. The predicted molar refractivity (Wildman–Crippen MR) is 133 cm³/mol. The van der Waals surface area contributed by atoms with E-state index in [1.165, 1.54) is 5.38 Å². The Morgan fingerprint density at radius 1 is 1.34 bits per heavy atom. The van der Waals surface area contributed by atoms with Crippen LogP contribution in [0.1, 0.15) is 26.5 Å². The highest BCUT2D eigenvalue weighted by molar-refractivity contribution is 8.00. The van der Waals surface area contributed by atoms with Gasteiger partial charge in [0.1, 0.15) is 22.8 Å². The number of alkyl halides is 1. The van der Waals surface area contributed by atoms with Crippen molar-refractivity contribution in [3.8, 4) is 0 Å². The summed E-state index contributed by atoms with van der Waals surface area (Å²) in [6.45, 7) is 3.92. The first-order valence-corrected chi connectivity index (χ1v) is 14.5. The second kappa shape index (κ2) is 11.2. The number of rotatable bonds is 9. The first kappa shape index (κ1) is 29.3. The molecule has 1 unspecified atom stereocenters. The largest absolute Gasteiger partial charge is 0.427 e. The first-order valence-electron chi connectivity index (χ1n) is 10.7. The van der Waals surface area contributed by atoms with Crippen LogP contribution in [0.5, 0.6) is 0 Å². The summed E-state index contributed by atoms with van der Waals surface area (Å²) in [4.78, 5) is 55.3. The minimum atomic E-state index is -4.25. The second-order valence-electron chi connectivity index (χ2n) is 9.06. The summed E-state index contributed by atoms with van der Waals surface area (Å²) in [5.74, 6) is -4.58. The number of esters is 2. The van der Waals surface area contributed by atoms with Gasteiger partial charge in [-0.25, -0.2) is 22.6 Å². The van der Waals surface area contributed by atoms with Gasteiger partial charge in [0.05, 0.1) is 11.2 Å².